The molecule has 0 spiro atoms. The van der Waals surface area contributed by atoms with Crippen LogP contribution in [0, 0.1) is 0 Å². The first kappa shape index (κ1) is 22.7. The molecule has 0 saturated heterocycles. The Labute approximate surface area is 177 Å². The average Bonchev–Trinajstić information content (AvgIpc) is 2.68. The van der Waals surface area contributed by atoms with Gasteiger partial charge in [0.2, 0.25) is 0 Å². The van der Waals surface area contributed by atoms with Crippen LogP contribution in [0.1, 0.15) is 18.2 Å². The molecule has 3 N–H and O–H groups in total. The number of carbonyl (C=O) groups excluding carboxylic acids is 1. The maximum absolute atomic E-state index is 11.2. The summed E-state index contributed by atoms with van der Waals surface area (Å²) >= 11 is 0. The van der Waals surface area contributed by atoms with E-state index in [9.17, 15) is 4.79 Å². The predicted molar refractivity (Wildman–Crippen MR) is 119 cm³/mol. The number of rotatable bonds is 7. The van der Waals surface area contributed by atoms with Gasteiger partial charge >= 0.3 is 6.09 Å². The van der Waals surface area contributed by atoms with Gasteiger partial charge in [-0.05, 0) is 36.8 Å². The van der Waals surface area contributed by atoms with Gasteiger partial charge in [-0.15, -0.1) is 24.0 Å². The fourth-order valence-corrected chi connectivity index (χ4v) is 2.23. The average molecular weight is 483 g/mol. The molecule has 0 fully saturated rings. The first-order valence-electron chi connectivity index (χ1n) is 8.57. The standard InChI is InChI=1S/C19H25N5O2.HI/c1-3-20-18(22-13-11-16-6-4-5-12-21-16)23-14-15-7-9-17(10-8-15)24-19(25)26-2;/h4-10,12H,3,11,13-14H2,1-2H3,(H,24,25)(H2,20,22,23);1H. The number of aromatic nitrogens is 1. The molecular formula is C19H26IN5O2. The number of hydrogen-bond donors (Lipinski definition) is 3. The zero-order valence-corrected chi connectivity index (χ0v) is 17.9. The Morgan fingerprint density at radius 3 is 2.56 bits per heavy atom. The number of guanidine groups is 1. The highest BCUT2D eigenvalue weighted by Gasteiger charge is 2.01. The Kier molecular flexibility index (Phi) is 10.8. The van der Waals surface area contributed by atoms with Crippen molar-refractivity contribution in [3.05, 3.63) is 59.9 Å². The van der Waals surface area contributed by atoms with Crippen LogP contribution in [0.25, 0.3) is 0 Å². The van der Waals surface area contributed by atoms with E-state index in [0.29, 0.717) is 12.2 Å². The van der Waals surface area contributed by atoms with Crippen molar-refractivity contribution in [1.82, 2.24) is 15.6 Å². The first-order valence-corrected chi connectivity index (χ1v) is 8.57. The van der Waals surface area contributed by atoms with E-state index in [1.54, 1.807) is 6.20 Å². The summed E-state index contributed by atoms with van der Waals surface area (Å²) in [6, 6.07) is 13.4. The highest BCUT2D eigenvalue weighted by atomic mass is 127. The van der Waals surface area contributed by atoms with Gasteiger partial charge in [0.05, 0.1) is 13.7 Å². The minimum Gasteiger partial charge on any atom is -0.453 e. The van der Waals surface area contributed by atoms with Crippen LogP contribution in [0.3, 0.4) is 0 Å². The Morgan fingerprint density at radius 2 is 1.93 bits per heavy atom. The number of carbonyl (C=O) groups is 1. The highest BCUT2D eigenvalue weighted by molar-refractivity contribution is 14.0. The number of benzene rings is 1. The van der Waals surface area contributed by atoms with Crippen LogP contribution in [0.15, 0.2) is 53.7 Å². The lowest BCUT2D eigenvalue weighted by Crippen LogP contribution is -2.38. The number of amides is 1. The first-order chi connectivity index (χ1) is 12.7. The summed E-state index contributed by atoms with van der Waals surface area (Å²) in [5.41, 5.74) is 2.77. The molecule has 146 valence electrons. The topological polar surface area (TPSA) is 87.6 Å². The van der Waals surface area contributed by atoms with Crippen LogP contribution in [-0.4, -0.2) is 37.2 Å². The zero-order chi connectivity index (χ0) is 18.6. The lowest BCUT2D eigenvalue weighted by Gasteiger charge is -2.11. The highest BCUT2D eigenvalue weighted by Crippen LogP contribution is 2.10. The third-order valence-corrected chi connectivity index (χ3v) is 3.55. The SMILES string of the molecule is CCNC(=NCc1ccc(NC(=O)OC)cc1)NCCc1ccccn1.I. The van der Waals surface area contributed by atoms with Gasteiger partial charge in [0.1, 0.15) is 0 Å². The monoisotopic (exact) mass is 483 g/mol. The zero-order valence-electron chi connectivity index (χ0n) is 15.6. The Morgan fingerprint density at radius 1 is 1.15 bits per heavy atom. The number of hydrogen-bond acceptors (Lipinski definition) is 4. The van der Waals surface area contributed by atoms with Crippen LogP contribution in [0.2, 0.25) is 0 Å². The fraction of sp³-hybridized carbons (Fsp3) is 0.316. The van der Waals surface area contributed by atoms with Gasteiger partial charge in [-0.3, -0.25) is 10.3 Å². The summed E-state index contributed by atoms with van der Waals surface area (Å²) in [6.45, 7) is 4.11. The Bertz CT molecular complexity index is 708. The van der Waals surface area contributed by atoms with Crippen molar-refractivity contribution < 1.29 is 9.53 Å². The molecule has 2 aromatic rings. The molecule has 0 saturated carbocycles. The molecule has 27 heavy (non-hydrogen) atoms. The molecule has 0 unspecified atom stereocenters. The predicted octanol–water partition coefficient (Wildman–Crippen LogP) is 3.18. The normalized spacial score (nSPS) is 10.5. The molecule has 1 heterocycles. The summed E-state index contributed by atoms with van der Waals surface area (Å²) in [7, 11) is 1.33. The molecule has 8 heteroatoms. The molecule has 7 nitrogen and oxygen atoms in total. The molecule has 1 aromatic heterocycles. The molecule has 1 aromatic carbocycles. The number of nitrogens with one attached hydrogen (secondary N) is 3. The van der Waals surface area contributed by atoms with E-state index >= 15 is 0 Å². The van der Waals surface area contributed by atoms with E-state index in [-0.39, 0.29) is 24.0 Å². The van der Waals surface area contributed by atoms with Gasteiger partial charge in [-0.25, -0.2) is 9.79 Å². The minimum atomic E-state index is -0.484. The molecule has 0 aliphatic carbocycles. The van der Waals surface area contributed by atoms with Crippen molar-refractivity contribution in [3.63, 3.8) is 0 Å². The smallest absolute Gasteiger partial charge is 0.411 e. The van der Waals surface area contributed by atoms with Crippen molar-refractivity contribution in [1.29, 1.82) is 0 Å². The van der Waals surface area contributed by atoms with Gasteiger partial charge in [-0.2, -0.15) is 0 Å². The van der Waals surface area contributed by atoms with Gasteiger partial charge in [-0.1, -0.05) is 18.2 Å². The summed E-state index contributed by atoms with van der Waals surface area (Å²) in [5.74, 6) is 0.764. The minimum absolute atomic E-state index is 0. The molecule has 0 radical (unpaired) electrons. The molecule has 2 rings (SSSR count). The third-order valence-electron chi connectivity index (χ3n) is 3.55. The van der Waals surface area contributed by atoms with Crippen LogP contribution in [-0.2, 0) is 17.7 Å². The number of anilines is 1. The molecule has 0 atom stereocenters. The van der Waals surface area contributed by atoms with Crippen LogP contribution >= 0.6 is 24.0 Å². The van der Waals surface area contributed by atoms with Crippen molar-refractivity contribution >= 4 is 41.7 Å². The van der Waals surface area contributed by atoms with Gasteiger partial charge < -0.3 is 15.4 Å². The summed E-state index contributed by atoms with van der Waals surface area (Å²) in [5, 5.41) is 9.16. The number of halogens is 1. The lowest BCUT2D eigenvalue weighted by molar-refractivity contribution is 0.187. The van der Waals surface area contributed by atoms with E-state index < -0.39 is 6.09 Å². The second-order valence-corrected chi connectivity index (χ2v) is 5.51. The second-order valence-electron chi connectivity index (χ2n) is 5.51. The van der Waals surface area contributed by atoms with Gasteiger partial charge in [0, 0.05) is 37.1 Å². The van der Waals surface area contributed by atoms with Crippen LogP contribution in [0.4, 0.5) is 10.5 Å². The van der Waals surface area contributed by atoms with Crippen LogP contribution < -0.4 is 16.0 Å². The third kappa shape index (κ3) is 8.72. The van der Waals surface area contributed by atoms with E-state index in [1.807, 2.05) is 49.4 Å². The van der Waals surface area contributed by atoms with Crippen molar-refractivity contribution in [2.75, 3.05) is 25.5 Å². The maximum atomic E-state index is 11.2. The van der Waals surface area contributed by atoms with Crippen molar-refractivity contribution in [2.45, 2.75) is 19.9 Å². The lowest BCUT2D eigenvalue weighted by atomic mass is 10.2. The van der Waals surface area contributed by atoms with Crippen molar-refractivity contribution in [2.24, 2.45) is 4.99 Å². The van der Waals surface area contributed by atoms with E-state index in [2.05, 4.69) is 30.7 Å². The van der Waals surface area contributed by atoms with Gasteiger partial charge in [0.25, 0.3) is 0 Å². The summed E-state index contributed by atoms with van der Waals surface area (Å²) in [6.07, 6.45) is 2.15. The quantitative estimate of drug-likeness (QED) is 0.320. The van der Waals surface area contributed by atoms with E-state index in [4.69, 9.17) is 0 Å². The van der Waals surface area contributed by atoms with E-state index in [1.165, 1.54) is 7.11 Å². The Balaban J connectivity index is 0.00000364. The summed E-state index contributed by atoms with van der Waals surface area (Å²) in [4.78, 5) is 20.1. The Hall–Kier alpha value is -2.36. The number of pyridine rings is 1. The molecular weight excluding hydrogens is 457 g/mol. The fourth-order valence-electron chi connectivity index (χ4n) is 2.23. The largest absolute Gasteiger partial charge is 0.453 e. The van der Waals surface area contributed by atoms with Gasteiger partial charge in [0.15, 0.2) is 5.96 Å². The van der Waals surface area contributed by atoms with Crippen molar-refractivity contribution in [3.8, 4) is 0 Å². The molecule has 0 bridgehead atoms. The number of ether oxygens (including phenoxy) is 1. The molecule has 0 aliphatic rings. The number of aliphatic imine (C=N–C) groups is 1. The molecule has 0 aliphatic heterocycles. The maximum Gasteiger partial charge on any atom is 0.411 e. The number of nitrogens with zero attached hydrogens (tertiary/aromatic N) is 2. The van der Waals surface area contributed by atoms with E-state index in [0.717, 1.165) is 36.7 Å². The summed E-state index contributed by atoms with van der Waals surface area (Å²) < 4.78 is 4.57. The van der Waals surface area contributed by atoms with Crippen LogP contribution in [0.5, 0.6) is 0 Å². The second kappa shape index (κ2) is 12.9. The number of methoxy groups -OCH3 is 1. The molecule has 1 amide bonds.